The summed E-state index contributed by atoms with van der Waals surface area (Å²) in [6.07, 6.45) is 9.47. The molecular formula is C29H36F6N5P. The molecule has 1 aliphatic rings. The molecule has 1 aliphatic heterocycles. The van der Waals surface area contributed by atoms with Crippen molar-refractivity contribution in [3.63, 3.8) is 0 Å². The van der Waals surface area contributed by atoms with Crippen molar-refractivity contribution in [2.24, 2.45) is 0 Å². The van der Waals surface area contributed by atoms with Gasteiger partial charge in [-0.3, -0.25) is 0 Å². The van der Waals surface area contributed by atoms with Gasteiger partial charge in [0.2, 0.25) is 6.33 Å². The molecule has 0 amide bonds. The molecule has 0 saturated carbocycles. The van der Waals surface area contributed by atoms with Crippen LogP contribution in [0.25, 0.3) is 0 Å². The second-order valence-corrected chi connectivity index (χ2v) is 14.8. The van der Waals surface area contributed by atoms with Gasteiger partial charge in [0.25, 0.3) is 0 Å². The van der Waals surface area contributed by atoms with Crippen molar-refractivity contribution in [1.29, 1.82) is 0 Å². The predicted molar refractivity (Wildman–Crippen MR) is 149 cm³/mol. The number of nitrogens with zero attached hydrogens (tertiary/aromatic N) is 5. The van der Waals surface area contributed by atoms with E-state index in [1.165, 1.54) is 33.4 Å². The van der Waals surface area contributed by atoms with Crippen molar-refractivity contribution in [3.8, 4) is 0 Å². The van der Waals surface area contributed by atoms with Crippen molar-refractivity contribution in [2.45, 2.75) is 78.4 Å². The van der Waals surface area contributed by atoms with Crippen molar-refractivity contribution in [3.05, 3.63) is 100 Å². The number of fused-ring (bicyclic) bond motifs is 8. The fourth-order valence-electron chi connectivity index (χ4n) is 4.71. The first-order chi connectivity index (χ1) is 18.5. The molecule has 3 heterocycles. The standard InChI is InChI=1S/C29H36N5.F6P/c1-28(2,3)25-11-21-9-22(12-25)16-32-7-8-33(20-32)17-23-10-24(14-26(13-23)29(4,5)6)18-34-19-27(15-21)30-31-34;1-7(2,3,4,5)6/h7-14,19-20H,15-18H2,1-6H3;/q+1;-1. The molecule has 2 aromatic carbocycles. The second-order valence-electron chi connectivity index (χ2n) is 12.9. The van der Waals surface area contributed by atoms with Crippen LogP contribution in [-0.4, -0.2) is 19.6 Å². The van der Waals surface area contributed by atoms with Gasteiger partial charge in [-0.25, -0.2) is 13.8 Å². The Labute approximate surface area is 236 Å². The average Bonchev–Trinajstić information content (AvgIpc) is 3.38. The molecule has 5 nitrogen and oxygen atoms in total. The number of halogens is 6. The van der Waals surface area contributed by atoms with E-state index in [2.05, 4.69) is 122 Å². The molecule has 0 unspecified atom stereocenters. The molecule has 8 bridgehead atoms. The number of hydrogen-bond acceptors (Lipinski definition) is 2. The van der Waals surface area contributed by atoms with E-state index in [1.807, 2.05) is 4.68 Å². The van der Waals surface area contributed by atoms with Crippen LogP contribution in [0.5, 0.6) is 0 Å². The summed E-state index contributed by atoms with van der Waals surface area (Å²) >= 11 is 0. The van der Waals surface area contributed by atoms with Crippen molar-refractivity contribution in [1.82, 2.24) is 19.6 Å². The summed E-state index contributed by atoms with van der Waals surface area (Å²) < 4.78 is 65.7. The first-order valence-electron chi connectivity index (χ1n) is 13.2. The Kier molecular flexibility index (Phi) is 7.26. The Hall–Kier alpha value is -3.20. The van der Waals surface area contributed by atoms with Gasteiger partial charge in [-0.05, 0) is 50.3 Å². The third-order valence-corrected chi connectivity index (χ3v) is 6.63. The third kappa shape index (κ3) is 9.99. The van der Waals surface area contributed by atoms with E-state index >= 15 is 0 Å². The molecule has 0 atom stereocenters. The quantitative estimate of drug-likeness (QED) is 0.102. The predicted octanol–water partition coefficient (Wildman–Crippen LogP) is 8.39. The van der Waals surface area contributed by atoms with Gasteiger partial charge >= 0.3 is 33.0 Å². The van der Waals surface area contributed by atoms with Crippen LogP contribution < -0.4 is 4.57 Å². The Morgan fingerprint density at radius 1 is 0.732 bits per heavy atom. The van der Waals surface area contributed by atoms with Gasteiger partial charge in [0.05, 0.1) is 12.2 Å². The molecule has 0 aliphatic carbocycles. The van der Waals surface area contributed by atoms with Crippen LogP contribution in [0.2, 0.25) is 0 Å². The minimum absolute atomic E-state index is 0.0865. The molecule has 0 saturated heterocycles. The van der Waals surface area contributed by atoms with Crippen LogP contribution in [0.1, 0.15) is 80.6 Å². The molecule has 0 spiro atoms. The molecule has 12 heteroatoms. The van der Waals surface area contributed by atoms with Crippen molar-refractivity contribution < 1.29 is 29.7 Å². The van der Waals surface area contributed by atoms with Crippen LogP contribution >= 0.6 is 7.81 Å². The molecular weight excluding hydrogens is 563 g/mol. The van der Waals surface area contributed by atoms with Gasteiger partial charge in [0.15, 0.2) is 0 Å². The zero-order valence-corrected chi connectivity index (χ0v) is 24.9. The van der Waals surface area contributed by atoms with Crippen LogP contribution in [0.15, 0.2) is 61.3 Å². The Bertz CT molecular complexity index is 1370. The van der Waals surface area contributed by atoms with Gasteiger partial charge in [-0.15, -0.1) is 5.10 Å². The Morgan fingerprint density at radius 2 is 1.24 bits per heavy atom. The molecule has 0 fully saturated rings. The summed E-state index contributed by atoms with van der Waals surface area (Å²) in [5.74, 6) is 0. The van der Waals surface area contributed by atoms with E-state index < -0.39 is 7.81 Å². The maximum atomic E-state index is 9.87. The normalized spacial score (nSPS) is 15.8. The summed E-state index contributed by atoms with van der Waals surface area (Å²) in [4.78, 5) is 0. The summed E-state index contributed by atoms with van der Waals surface area (Å²) in [6.45, 7) is 16.1. The number of benzene rings is 2. The fourth-order valence-corrected chi connectivity index (χ4v) is 4.71. The maximum absolute atomic E-state index is 10.7. The molecule has 0 N–H and O–H groups in total. The van der Waals surface area contributed by atoms with Gasteiger partial charge in [-0.1, -0.05) is 77.1 Å². The molecule has 41 heavy (non-hydrogen) atoms. The second kappa shape index (κ2) is 9.68. The molecule has 2 aromatic heterocycles. The Morgan fingerprint density at radius 3 is 1.83 bits per heavy atom. The molecule has 0 radical (unpaired) electrons. The minimum atomic E-state index is -10.7. The summed E-state index contributed by atoms with van der Waals surface area (Å²) in [6, 6.07) is 14.0. The molecule has 4 aromatic rings. The number of hydrogen-bond donors (Lipinski definition) is 0. The zero-order chi connectivity index (χ0) is 30.5. The molecule has 5 rings (SSSR count). The van der Waals surface area contributed by atoms with E-state index in [0.29, 0.717) is 0 Å². The first-order valence-corrected chi connectivity index (χ1v) is 15.3. The van der Waals surface area contributed by atoms with E-state index in [1.54, 1.807) is 0 Å². The topological polar surface area (TPSA) is 39.5 Å². The van der Waals surface area contributed by atoms with Crippen molar-refractivity contribution in [2.75, 3.05) is 0 Å². The van der Waals surface area contributed by atoms with Crippen LogP contribution in [0.4, 0.5) is 25.2 Å². The zero-order valence-electron chi connectivity index (χ0n) is 24.1. The average molecular weight is 600 g/mol. The van der Waals surface area contributed by atoms with Crippen LogP contribution in [-0.2, 0) is 36.9 Å². The monoisotopic (exact) mass is 599 g/mol. The van der Waals surface area contributed by atoms with Gasteiger partial charge in [0, 0.05) is 12.6 Å². The Balaban J connectivity index is 0.000000493. The SMILES string of the molecule is CC(C)(C)c1cc2cc(c1)Cn1cc[n+](c1)Cc1cc(cc(C(C)(C)C)c1)Cn1cc(nn1)C2.F[P-](F)(F)(F)(F)F. The van der Waals surface area contributed by atoms with Gasteiger partial charge < -0.3 is 0 Å². The summed E-state index contributed by atoms with van der Waals surface area (Å²) in [5, 5.41) is 8.99. The van der Waals surface area contributed by atoms with E-state index in [4.69, 9.17) is 0 Å². The van der Waals surface area contributed by atoms with Gasteiger partial charge in [0.1, 0.15) is 25.5 Å². The van der Waals surface area contributed by atoms with Crippen LogP contribution in [0, 0.1) is 0 Å². The molecule has 224 valence electrons. The number of aromatic nitrogens is 5. The first kappa shape index (κ1) is 30.8. The fraction of sp³-hybridized carbons (Fsp3) is 0.414. The summed E-state index contributed by atoms with van der Waals surface area (Å²) in [7, 11) is -10.7. The third-order valence-electron chi connectivity index (χ3n) is 6.63. The van der Waals surface area contributed by atoms with E-state index in [0.717, 1.165) is 31.7 Å². The number of imidazole rings is 1. The summed E-state index contributed by atoms with van der Waals surface area (Å²) in [5.41, 5.74) is 9.09. The van der Waals surface area contributed by atoms with Crippen molar-refractivity contribution >= 4 is 7.81 Å². The van der Waals surface area contributed by atoms with E-state index in [9.17, 15) is 25.2 Å². The van der Waals surface area contributed by atoms with E-state index in [-0.39, 0.29) is 10.8 Å². The number of rotatable bonds is 0. The van der Waals surface area contributed by atoms with Crippen LogP contribution in [0.3, 0.4) is 0 Å². The van der Waals surface area contributed by atoms with Gasteiger partial charge in [-0.2, -0.15) is 0 Å².